The summed E-state index contributed by atoms with van der Waals surface area (Å²) >= 11 is 2.02. The van der Waals surface area contributed by atoms with Gasteiger partial charge in [0.15, 0.2) is 0 Å². The topological polar surface area (TPSA) is 12.0 Å². The zero-order valence-electron chi connectivity index (χ0n) is 8.81. The van der Waals surface area contributed by atoms with Gasteiger partial charge in [0.25, 0.3) is 0 Å². The normalized spacial score (nSPS) is 28.8. The smallest absolute Gasteiger partial charge is 0.0161 e. The van der Waals surface area contributed by atoms with Crippen LogP contribution >= 0.6 is 11.8 Å². The Morgan fingerprint density at radius 2 is 2.31 bits per heavy atom. The first kappa shape index (κ1) is 11.1. The van der Waals surface area contributed by atoms with E-state index in [1.165, 1.54) is 31.3 Å². The van der Waals surface area contributed by atoms with E-state index in [-0.39, 0.29) is 0 Å². The summed E-state index contributed by atoms with van der Waals surface area (Å²) in [5.74, 6) is 0. The molecule has 0 spiro atoms. The molecule has 0 radical (unpaired) electrons. The Balaban J connectivity index is 2.21. The van der Waals surface area contributed by atoms with Crippen LogP contribution in [0.25, 0.3) is 0 Å². The maximum absolute atomic E-state index is 3.91. The third-order valence-electron chi connectivity index (χ3n) is 2.65. The average Bonchev–Trinajstić information content (AvgIpc) is 2.15. The van der Waals surface area contributed by atoms with E-state index >= 15 is 0 Å². The average molecular weight is 199 g/mol. The molecule has 0 bridgehead atoms. The second kappa shape index (κ2) is 5.71. The third-order valence-corrected chi connectivity index (χ3v) is 3.75. The van der Waals surface area contributed by atoms with Crippen LogP contribution in [0, 0.1) is 0 Å². The Hall–Kier alpha value is 0.0500. The van der Waals surface area contributed by atoms with E-state index in [0.29, 0.717) is 0 Å². The Morgan fingerprint density at radius 1 is 1.54 bits per heavy atom. The number of rotatable bonds is 4. The minimum Gasteiger partial charge on any atom is -0.310 e. The molecule has 1 N–H and O–H groups in total. The zero-order chi connectivity index (χ0) is 9.68. The highest BCUT2D eigenvalue weighted by molar-refractivity contribution is 7.99. The van der Waals surface area contributed by atoms with Gasteiger partial charge in [-0.05, 0) is 32.4 Å². The van der Waals surface area contributed by atoms with Crippen molar-refractivity contribution >= 4 is 11.8 Å². The van der Waals surface area contributed by atoms with Crippen molar-refractivity contribution in [2.45, 2.75) is 43.9 Å². The molecule has 2 heteroatoms. The fraction of sp³-hybridized carbons (Fsp3) is 0.818. The SMILES string of the molecule is C=C(C)CNC1CCCC(SC)C1. The molecule has 1 aliphatic rings. The van der Waals surface area contributed by atoms with Crippen molar-refractivity contribution in [3.8, 4) is 0 Å². The van der Waals surface area contributed by atoms with E-state index in [9.17, 15) is 0 Å². The molecule has 1 fully saturated rings. The summed E-state index contributed by atoms with van der Waals surface area (Å²) in [5, 5.41) is 4.46. The first-order chi connectivity index (χ1) is 6.22. The molecular weight excluding hydrogens is 178 g/mol. The van der Waals surface area contributed by atoms with Gasteiger partial charge < -0.3 is 5.32 Å². The van der Waals surface area contributed by atoms with Gasteiger partial charge in [0.05, 0.1) is 0 Å². The van der Waals surface area contributed by atoms with Gasteiger partial charge in [-0.25, -0.2) is 0 Å². The molecule has 13 heavy (non-hydrogen) atoms. The minimum atomic E-state index is 0.739. The summed E-state index contributed by atoms with van der Waals surface area (Å²) in [4.78, 5) is 0. The summed E-state index contributed by atoms with van der Waals surface area (Å²) in [6.07, 6.45) is 7.72. The standard InChI is InChI=1S/C11H21NS/c1-9(2)8-12-10-5-4-6-11(7-10)13-3/h10-12H,1,4-8H2,2-3H3. The lowest BCUT2D eigenvalue weighted by atomic mass is 9.95. The van der Waals surface area contributed by atoms with Gasteiger partial charge in [-0.3, -0.25) is 0 Å². The first-order valence-electron chi connectivity index (χ1n) is 5.13. The van der Waals surface area contributed by atoms with Crippen molar-refractivity contribution in [3.63, 3.8) is 0 Å². The van der Waals surface area contributed by atoms with Gasteiger partial charge in [0, 0.05) is 17.8 Å². The van der Waals surface area contributed by atoms with Crippen LogP contribution in [0.4, 0.5) is 0 Å². The Morgan fingerprint density at radius 3 is 2.92 bits per heavy atom. The molecule has 0 aromatic heterocycles. The van der Waals surface area contributed by atoms with E-state index in [0.717, 1.165) is 17.8 Å². The van der Waals surface area contributed by atoms with Crippen LogP contribution in [0.5, 0.6) is 0 Å². The molecule has 0 heterocycles. The van der Waals surface area contributed by atoms with Gasteiger partial charge in [-0.15, -0.1) is 0 Å². The summed E-state index contributed by atoms with van der Waals surface area (Å²) < 4.78 is 0. The molecule has 0 amide bonds. The lowest BCUT2D eigenvalue weighted by Gasteiger charge is -2.28. The van der Waals surface area contributed by atoms with Gasteiger partial charge in [0.1, 0.15) is 0 Å². The second-order valence-corrected chi connectivity index (χ2v) is 5.20. The van der Waals surface area contributed by atoms with E-state index < -0.39 is 0 Å². The van der Waals surface area contributed by atoms with E-state index in [4.69, 9.17) is 0 Å². The molecule has 76 valence electrons. The van der Waals surface area contributed by atoms with E-state index in [1.54, 1.807) is 0 Å². The van der Waals surface area contributed by atoms with E-state index in [2.05, 4.69) is 25.1 Å². The summed E-state index contributed by atoms with van der Waals surface area (Å²) in [6.45, 7) is 6.99. The van der Waals surface area contributed by atoms with Crippen LogP contribution in [0.1, 0.15) is 32.6 Å². The number of hydrogen-bond donors (Lipinski definition) is 1. The maximum atomic E-state index is 3.91. The lowest BCUT2D eigenvalue weighted by Crippen LogP contribution is -2.35. The van der Waals surface area contributed by atoms with E-state index in [1.807, 2.05) is 11.8 Å². The highest BCUT2D eigenvalue weighted by Crippen LogP contribution is 2.26. The van der Waals surface area contributed by atoms with Crippen LogP contribution in [0.2, 0.25) is 0 Å². The first-order valence-corrected chi connectivity index (χ1v) is 6.41. The van der Waals surface area contributed by atoms with Gasteiger partial charge >= 0.3 is 0 Å². The molecule has 0 aromatic carbocycles. The van der Waals surface area contributed by atoms with Crippen molar-refractivity contribution in [3.05, 3.63) is 12.2 Å². The van der Waals surface area contributed by atoms with Crippen molar-refractivity contribution < 1.29 is 0 Å². The molecule has 0 aliphatic heterocycles. The molecule has 2 unspecified atom stereocenters. The summed E-state index contributed by atoms with van der Waals surface area (Å²) in [5.41, 5.74) is 1.24. The molecule has 0 aromatic rings. The Labute approximate surface area is 86.4 Å². The van der Waals surface area contributed by atoms with Crippen molar-refractivity contribution in [1.82, 2.24) is 5.32 Å². The quantitative estimate of drug-likeness (QED) is 0.699. The number of hydrogen-bond acceptors (Lipinski definition) is 2. The molecule has 1 nitrogen and oxygen atoms in total. The maximum Gasteiger partial charge on any atom is 0.0161 e. The number of nitrogens with one attached hydrogen (secondary N) is 1. The van der Waals surface area contributed by atoms with Crippen LogP contribution in [-0.2, 0) is 0 Å². The Kier molecular flexibility index (Phi) is 4.89. The highest BCUT2D eigenvalue weighted by Gasteiger charge is 2.20. The molecular formula is C11H21NS. The second-order valence-electron chi connectivity index (χ2n) is 4.06. The van der Waals surface area contributed by atoms with Crippen LogP contribution in [0.3, 0.4) is 0 Å². The van der Waals surface area contributed by atoms with Crippen molar-refractivity contribution in [2.75, 3.05) is 12.8 Å². The Bertz CT molecular complexity index is 167. The lowest BCUT2D eigenvalue weighted by molar-refractivity contribution is 0.391. The van der Waals surface area contributed by atoms with Crippen molar-refractivity contribution in [2.24, 2.45) is 0 Å². The monoisotopic (exact) mass is 199 g/mol. The fourth-order valence-electron chi connectivity index (χ4n) is 1.86. The molecule has 1 rings (SSSR count). The van der Waals surface area contributed by atoms with Gasteiger partial charge in [0.2, 0.25) is 0 Å². The fourth-order valence-corrected chi connectivity index (χ4v) is 2.69. The zero-order valence-corrected chi connectivity index (χ0v) is 9.62. The van der Waals surface area contributed by atoms with Gasteiger partial charge in [-0.1, -0.05) is 18.6 Å². The predicted molar refractivity (Wildman–Crippen MR) is 62.4 cm³/mol. The summed E-state index contributed by atoms with van der Waals surface area (Å²) in [6, 6.07) is 0.739. The van der Waals surface area contributed by atoms with Crippen LogP contribution < -0.4 is 5.32 Å². The van der Waals surface area contributed by atoms with Gasteiger partial charge in [-0.2, -0.15) is 11.8 Å². The minimum absolute atomic E-state index is 0.739. The highest BCUT2D eigenvalue weighted by atomic mass is 32.2. The molecule has 1 aliphatic carbocycles. The predicted octanol–water partition coefficient (Wildman–Crippen LogP) is 2.83. The number of thioether (sulfide) groups is 1. The largest absolute Gasteiger partial charge is 0.310 e. The van der Waals surface area contributed by atoms with Crippen LogP contribution in [-0.4, -0.2) is 24.1 Å². The van der Waals surface area contributed by atoms with Crippen molar-refractivity contribution in [1.29, 1.82) is 0 Å². The molecule has 0 saturated heterocycles. The third kappa shape index (κ3) is 4.19. The van der Waals surface area contributed by atoms with Crippen LogP contribution in [0.15, 0.2) is 12.2 Å². The summed E-state index contributed by atoms with van der Waals surface area (Å²) in [7, 11) is 0. The molecule has 2 atom stereocenters. The molecule has 1 saturated carbocycles.